The Hall–Kier alpha value is -1.25. The van der Waals surface area contributed by atoms with Gasteiger partial charge in [0.15, 0.2) is 11.6 Å². The van der Waals surface area contributed by atoms with Gasteiger partial charge in [0.25, 0.3) is 0 Å². The lowest BCUT2D eigenvalue weighted by Crippen LogP contribution is -2.09. The largest absolute Gasteiger partial charge is 0.354 e. The summed E-state index contributed by atoms with van der Waals surface area (Å²) in [7, 11) is 0. The SMILES string of the molecule is CCCNc1ncc(F)c(-n2cc(I)cn2)n1. The van der Waals surface area contributed by atoms with Crippen LogP contribution in [0.3, 0.4) is 0 Å². The Balaban J connectivity index is 2.32. The van der Waals surface area contributed by atoms with Gasteiger partial charge in [0.05, 0.1) is 16.0 Å². The lowest BCUT2D eigenvalue weighted by atomic mass is 10.5. The van der Waals surface area contributed by atoms with Crippen molar-refractivity contribution in [3.8, 4) is 5.82 Å². The molecule has 1 N–H and O–H groups in total. The van der Waals surface area contributed by atoms with Gasteiger partial charge in [0, 0.05) is 12.7 Å². The van der Waals surface area contributed by atoms with Crippen LogP contribution in [0.4, 0.5) is 10.3 Å². The Morgan fingerprint density at radius 3 is 2.94 bits per heavy atom. The number of halogens is 2. The minimum absolute atomic E-state index is 0.154. The first-order valence-electron chi connectivity index (χ1n) is 5.17. The molecule has 17 heavy (non-hydrogen) atoms. The maximum atomic E-state index is 13.6. The van der Waals surface area contributed by atoms with Gasteiger partial charge in [0.1, 0.15) is 0 Å². The monoisotopic (exact) mass is 347 g/mol. The molecule has 2 heterocycles. The molecule has 7 heteroatoms. The molecule has 0 aliphatic rings. The van der Waals surface area contributed by atoms with Gasteiger partial charge in [-0.25, -0.2) is 14.1 Å². The summed E-state index contributed by atoms with van der Waals surface area (Å²) in [5, 5.41) is 7.03. The number of nitrogens with zero attached hydrogens (tertiary/aromatic N) is 4. The molecule has 2 rings (SSSR count). The fourth-order valence-electron chi connectivity index (χ4n) is 1.26. The molecule has 0 unspecified atom stereocenters. The Bertz CT molecular complexity index is 513. The molecule has 0 spiro atoms. The predicted molar refractivity (Wildman–Crippen MR) is 70.6 cm³/mol. The number of nitrogens with one attached hydrogen (secondary N) is 1. The van der Waals surface area contributed by atoms with Crippen molar-refractivity contribution in [2.45, 2.75) is 13.3 Å². The van der Waals surface area contributed by atoms with Crippen LogP contribution in [0.5, 0.6) is 0 Å². The summed E-state index contributed by atoms with van der Waals surface area (Å²) in [4.78, 5) is 7.96. The first-order chi connectivity index (χ1) is 8.20. The molecule has 2 aromatic rings. The van der Waals surface area contributed by atoms with E-state index in [0.29, 0.717) is 5.95 Å². The van der Waals surface area contributed by atoms with E-state index < -0.39 is 5.82 Å². The number of hydrogen-bond donors (Lipinski definition) is 1. The summed E-state index contributed by atoms with van der Waals surface area (Å²) >= 11 is 2.11. The fraction of sp³-hybridized carbons (Fsp3) is 0.300. The van der Waals surface area contributed by atoms with Crippen molar-refractivity contribution in [3.05, 3.63) is 28.0 Å². The Morgan fingerprint density at radius 1 is 1.47 bits per heavy atom. The topological polar surface area (TPSA) is 55.6 Å². The molecule has 0 atom stereocenters. The smallest absolute Gasteiger partial charge is 0.224 e. The van der Waals surface area contributed by atoms with Gasteiger partial charge in [-0.15, -0.1) is 0 Å². The third-order valence-corrected chi connectivity index (χ3v) is 2.58. The summed E-state index contributed by atoms with van der Waals surface area (Å²) < 4.78 is 15.9. The van der Waals surface area contributed by atoms with E-state index in [2.05, 4.69) is 43.0 Å². The van der Waals surface area contributed by atoms with E-state index in [1.165, 1.54) is 4.68 Å². The van der Waals surface area contributed by atoms with Gasteiger partial charge in [-0.05, 0) is 29.0 Å². The van der Waals surface area contributed by atoms with Crippen molar-refractivity contribution in [3.63, 3.8) is 0 Å². The van der Waals surface area contributed by atoms with Crippen LogP contribution in [0.25, 0.3) is 5.82 Å². The lowest BCUT2D eigenvalue weighted by molar-refractivity contribution is 0.593. The van der Waals surface area contributed by atoms with Gasteiger partial charge in [-0.3, -0.25) is 0 Å². The average Bonchev–Trinajstić information content (AvgIpc) is 2.75. The maximum absolute atomic E-state index is 13.6. The summed E-state index contributed by atoms with van der Waals surface area (Å²) in [6.07, 6.45) is 5.45. The highest BCUT2D eigenvalue weighted by Gasteiger charge is 2.09. The molecule has 0 amide bonds. The third-order valence-electron chi connectivity index (χ3n) is 2.03. The highest BCUT2D eigenvalue weighted by Crippen LogP contribution is 2.12. The molecule has 0 saturated carbocycles. The summed E-state index contributed by atoms with van der Waals surface area (Å²) in [5.41, 5.74) is 0. The van der Waals surface area contributed by atoms with Crippen LogP contribution in [0.2, 0.25) is 0 Å². The van der Waals surface area contributed by atoms with Crippen LogP contribution in [-0.2, 0) is 0 Å². The first kappa shape index (κ1) is 12.2. The van der Waals surface area contributed by atoms with E-state index in [1.807, 2.05) is 6.92 Å². The minimum Gasteiger partial charge on any atom is -0.354 e. The molecule has 0 bridgehead atoms. The van der Waals surface area contributed by atoms with Crippen molar-refractivity contribution >= 4 is 28.5 Å². The first-order valence-corrected chi connectivity index (χ1v) is 6.25. The highest BCUT2D eigenvalue weighted by molar-refractivity contribution is 14.1. The van der Waals surface area contributed by atoms with Gasteiger partial charge in [0.2, 0.25) is 5.95 Å². The van der Waals surface area contributed by atoms with Crippen LogP contribution in [-0.4, -0.2) is 26.3 Å². The molecule has 0 aliphatic carbocycles. The molecule has 5 nitrogen and oxygen atoms in total. The summed E-state index contributed by atoms with van der Waals surface area (Å²) in [6, 6.07) is 0. The van der Waals surface area contributed by atoms with E-state index in [0.717, 1.165) is 22.7 Å². The number of rotatable bonds is 4. The molecule has 0 saturated heterocycles. The zero-order valence-corrected chi connectivity index (χ0v) is 11.3. The third kappa shape index (κ3) is 2.90. The van der Waals surface area contributed by atoms with E-state index in [4.69, 9.17) is 0 Å². The molecule has 0 aromatic carbocycles. The quantitative estimate of drug-likeness (QED) is 0.862. The zero-order chi connectivity index (χ0) is 12.3. The highest BCUT2D eigenvalue weighted by atomic mass is 127. The molecule has 0 fully saturated rings. The summed E-state index contributed by atoms with van der Waals surface area (Å²) in [5.74, 6) is 0.0711. The molecular weight excluding hydrogens is 336 g/mol. The average molecular weight is 347 g/mol. The van der Waals surface area contributed by atoms with Gasteiger partial charge < -0.3 is 5.32 Å². The van der Waals surface area contributed by atoms with Crippen molar-refractivity contribution in [2.75, 3.05) is 11.9 Å². The van der Waals surface area contributed by atoms with Crippen LogP contribution in [0, 0.1) is 9.39 Å². The molecular formula is C10H11FIN5. The molecule has 0 radical (unpaired) electrons. The Labute approximate surface area is 112 Å². The van der Waals surface area contributed by atoms with Gasteiger partial charge >= 0.3 is 0 Å². The number of anilines is 1. The normalized spacial score (nSPS) is 10.5. The Kier molecular flexibility index (Phi) is 3.87. The van der Waals surface area contributed by atoms with Crippen molar-refractivity contribution in [1.29, 1.82) is 0 Å². The van der Waals surface area contributed by atoms with Crippen LogP contribution >= 0.6 is 22.6 Å². The van der Waals surface area contributed by atoms with Crippen LogP contribution in [0.1, 0.15) is 13.3 Å². The van der Waals surface area contributed by atoms with Crippen molar-refractivity contribution in [1.82, 2.24) is 19.7 Å². The van der Waals surface area contributed by atoms with Crippen LogP contribution in [0.15, 0.2) is 18.6 Å². The maximum Gasteiger partial charge on any atom is 0.224 e. The van der Waals surface area contributed by atoms with Gasteiger partial charge in [-0.1, -0.05) is 6.92 Å². The molecule has 2 aromatic heterocycles. The Morgan fingerprint density at radius 2 is 2.29 bits per heavy atom. The zero-order valence-electron chi connectivity index (χ0n) is 9.19. The standard InChI is InChI=1S/C10H11FIN5/c1-2-3-13-10-14-5-8(11)9(16-10)17-6-7(12)4-15-17/h4-6H,2-3H2,1H3,(H,13,14,16). The number of hydrogen-bond acceptors (Lipinski definition) is 4. The predicted octanol–water partition coefficient (Wildman–Crippen LogP) is 2.23. The van der Waals surface area contributed by atoms with Gasteiger partial charge in [-0.2, -0.15) is 10.1 Å². The number of aromatic nitrogens is 4. The molecule has 90 valence electrons. The second-order valence-corrected chi connectivity index (χ2v) is 4.64. The van der Waals surface area contributed by atoms with E-state index in [9.17, 15) is 4.39 Å². The lowest BCUT2D eigenvalue weighted by Gasteiger charge is -2.06. The van der Waals surface area contributed by atoms with E-state index >= 15 is 0 Å². The second-order valence-electron chi connectivity index (χ2n) is 3.40. The van der Waals surface area contributed by atoms with Crippen molar-refractivity contribution < 1.29 is 4.39 Å². The molecule has 0 aliphatic heterocycles. The fourth-order valence-corrected chi connectivity index (χ4v) is 1.65. The minimum atomic E-state index is -0.494. The second kappa shape index (κ2) is 5.39. The van der Waals surface area contributed by atoms with Crippen molar-refractivity contribution in [2.24, 2.45) is 0 Å². The van der Waals surface area contributed by atoms with E-state index in [1.54, 1.807) is 12.4 Å². The van der Waals surface area contributed by atoms with E-state index in [-0.39, 0.29) is 5.82 Å². The van der Waals surface area contributed by atoms with Crippen LogP contribution < -0.4 is 5.32 Å². The summed E-state index contributed by atoms with van der Waals surface area (Å²) in [6.45, 7) is 2.79.